The van der Waals surface area contributed by atoms with Gasteiger partial charge in [0.1, 0.15) is 0 Å². The minimum atomic E-state index is -1.34. The molecule has 0 aliphatic heterocycles. The van der Waals surface area contributed by atoms with Crippen molar-refractivity contribution in [1.82, 2.24) is 14.7 Å². The van der Waals surface area contributed by atoms with Crippen LogP contribution in [0.15, 0.2) is 0 Å². The highest BCUT2D eigenvalue weighted by atomic mass is 16.4. The summed E-state index contributed by atoms with van der Waals surface area (Å²) in [6.45, 7) is -4.33. The smallest absolute Gasteiger partial charge is 0.317 e. The average Bonchev–Trinajstić information content (AvgIpc) is 2.54. The predicted molar refractivity (Wildman–Crippen MR) is 93.5 cm³/mol. The van der Waals surface area contributed by atoms with Crippen molar-refractivity contribution in [3.8, 4) is 0 Å². The summed E-state index contributed by atoms with van der Waals surface area (Å²) < 4.78 is 0. The van der Waals surface area contributed by atoms with Gasteiger partial charge in [0.05, 0.1) is 39.3 Å². The molecule has 0 aromatic heterocycles. The summed E-state index contributed by atoms with van der Waals surface area (Å²) in [6, 6.07) is -1.03. The molecule has 0 amide bonds. The Morgan fingerprint density at radius 1 is 0.586 bits per heavy atom. The van der Waals surface area contributed by atoms with E-state index >= 15 is 0 Å². The van der Waals surface area contributed by atoms with Gasteiger partial charge >= 0.3 is 29.8 Å². The van der Waals surface area contributed by atoms with Gasteiger partial charge < -0.3 is 30.6 Å². The Kier molecular flexibility index (Phi) is 12.1. The Bertz CT molecular complexity index is 566. The largest absolute Gasteiger partial charge is 0.480 e. The number of rotatable bonds is 17. The monoisotopic (exact) mass is 423 g/mol. The van der Waals surface area contributed by atoms with Crippen molar-refractivity contribution in [2.24, 2.45) is 0 Å². The number of carboxylic acids is 5. The third kappa shape index (κ3) is 13.1. The fourth-order valence-electron chi connectivity index (χ4n) is 2.55. The van der Waals surface area contributed by atoms with Crippen LogP contribution in [0.5, 0.6) is 0 Å². The lowest BCUT2D eigenvalue weighted by Crippen LogP contribution is -2.52. The molecule has 166 valence electrons. The summed E-state index contributed by atoms with van der Waals surface area (Å²) in [5.74, 6) is -6.52. The molecule has 0 rings (SSSR count). The summed E-state index contributed by atoms with van der Waals surface area (Å²) in [5.41, 5.74) is 0. The van der Waals surface area contributed by atoms with E-state index in [1.54, 1.807) is 0 Å². The van der Waals surface area contributed by atoms with Crippen molar-refractivity contribution in [1.29, 1.82) is 0 Å². The highest BCUT2D eigenvalue weighted by Gasteiger charge is 2.26. The number of aliphatic hydroxyl groups is 1. The van der Waals surface area contributed by atoms with Crippen molar-refractivity contribution in [3.63, 3.8) is 0 Å². The van der Waals surface area contributed by atoms with E-state index in [1.807, 2.05) is 0 Å². The van der Waals surface area contributed by atoms with E-state index in [-0.39, 0.29) is 19.6 Å². The van der Waals surface area contributed by atoms with Gasteiger partial charge in [0.25, 0.3) is 0 Å². The molecule has 0 aliphatic carbocycles. The van der Waals surface area contributed by atoms with E-state index in [0.717, 1.165) is 9.80 Å². The van der Waals surface area contributed by atoms with Crippen molar-refractivity contribution in [2.45, 2.75) is 6.04 Å². The molecule has 0 bridgehead atoms. The van der Waals surface area contributed by atoms with Crippen LogP contribution in [0.1, 0.15) is 0 Å². The summed E-state index contributed by atoms with van der Waals surface area (Å²) in [7, 11) is 0. The van der Waals surface area contributed by atoms with E-state index < -0.39 is 75.2 Å². The predicted octanol–water partition coefficient (Wildman–Crippen LogP) is -3.32. The number of carboxylic acid groups (broad SMARTS) is 5. The van der Waals surface area contributed by atoms with E-state index in [4.69, 9.17) is 25.5 Å². The first kappa shape index (κ1) is 26.2. The van der Waals surface area contributed by atoms with E-state index in [9.17, 15) is 29.1 Å². The van der Waals surface area contributed by atoms with Gasteiger partial charge in [-0.15, -0.1) is 0 Å². The Labute approximate surface area is 165 Å². The first-order valence-corrected chi connectivity index (χ1v) is 8.33. The first-order valence-electron chi connectivity index (χ1n) is 8.33. The number of aliphatic carboxylic acids is 5. The van der Waals surface area contributed by atoms with Crippen LogP contribution in [0.2, 0.25) is 0 Å². The molecule has 0 aromatic carbocycles. The molecule has 0 unspecified atom stereocenters. The fraction of sp³-hybridized carbons (Fsp3) is 0.667. The molecular weight excluding hydrogens is 398 g/mol. The fourth-order valence-corrected chi connectivity index (χ4v) is 2.55. The Balaban J connectivity index is 5.26. The summed E-state index contributed by atoms with van der Waals surface area (Å²) in [6.07, 6.45) is 0. The van der Waals surface area contributed by atoms with Crippen LogP contribution in [0, 0.1) is 0 Å². The van der Waals surface area contributed by atoms with Crippen molar-refractivity contribution >= 4 is 29.8 Å². The van der Waals surface area contributed by atoms with Crippen molar-refractivity contribution in [3.05, 3.63) is 0 Å². The van der Waals surface area contributed by atoms with Gasteiger partial charge in [-0.05, 0) is 0 Å². The quantitative estimate of drug-likeness (QED) is 0.135. The lowest BCUT2D eigenvalue weighted by atomic mass is 10.2. The van der Waals surface area contributed by atoms with Gasteiger partial charge in [0, 0.05) is 25.7 Å². The molecule has 0 saturated heterocycles. The lowest BCUT2D eigenvalue weighted by Gasteiger charge is -2.33. The molecule has 0 spiro atoms. The maximum absolute atomic E-state index is 11.1. The highest BCUT2D eigenvalue weighted by molar-refractivity contribution is 5.73. The van der Waals surface area contributed by atoms with Crippen molar-refractivity contribution in [2.75, 3.05) is 59.0 Å². The molecule has 0 radical (unpaired) electrons. The minimum Gasteiger partial charge on any atom is -0.480 e. The zero-order valence-corrected chi connectivity index (χ0v) is 15.5. The second-order valence-corrected chi connectivity index (χ2v) is 6.16. The second kappa shape index (κ2) is 13.4. The van der Waals surface area contributed by atoms with Crippen LogP contribution in [-0.2, 0) is 24.0 Å². The molecule has 0 aliphatic rings. The van der Waals surface area contributed by atoms with Gasteiger partial charge in [-0.25, -0.2) is 0 Å². The maximum atomic E-state index is 11.1. The maximum Gasteiger partial charge on any atom is 0.317 e. The molecule has 0 aromatic rings. The highest BCUT2D eigenvalue weighted by Crippen LogP contribution is 2.04. The molecule has 14 heteroatoms. The van der Waals surface area contributed by atoms with Gasteiger partial charge in [-0.2, -0.15) is 0 Å². The minimum absolute atomic E-state index is 0.114. The molecule has 1 atom stereocenters. The van der Waals surface area contributed by atoms with Crippen molar-refractivity contribution < 1.29 is 54.6 Å². The van der Waals surface area contributed by atoms with Crippen LogP contribution < -0.4 is 0 Å². The number of aliphatic hydroxyl groups excluding tert-OH is 1. The molecular formula is C15H25N3O11. The average molecular weight is 423 g/mol. The lowest BCUT2D eigenvalue weighted by molar-refractivity contribution is -0.145. The van der Waals surface area contributed by atoms with Crippen LogP contribution in [0.25, 0.3) is 0 Å². The molecule has 0 saturated carbocycles. The van der Waals surface area contributed by atoms with Gasteiger partial charge in [-0.3, -0.25) is 38.7 Å². The Morgan fingerprint density at radius 3 is 1.28 bits per heavy atom. The molecule has 0 fully saturated rings. The zero-order chi connectivity index (χ0) is 22.6. The van der Waals surface area contributed by atoms with E-state index in [0.29, 0.717) is 0 Å². The van der Waals surface area contributed by atoms with Crippen LogP contribution in [0.4, 0.5) is 0 Å². The second-order valence-electron chi connectivity index (χ2n) is 6.16. The number of hydrogen-bond donors (Lipinski definition) is 6. The van der Waals surface area contributed by atoms with Gasteiger partial charge in [-0.1, -0.05) is 0 Å². The molecule has 14 nitrogen and oxygen atoms in total. The zero-order valence-electron chi connectivity index (χ0n) is 15.5. The van der Waals surface area contributed by atoms with Crippen LogP contribution in [-0.4, -0.2) is 140 Å². The SMILES string of the molecule is O=C(O)CN(CCN(CC(=O)O)C[C@H](CO)N(CC(=O)O)CC(=O)O)CC(=O)O. The third-order valence-corrected chi connectivity index (χ3v) is 3.68. The summed E-state index contributed by atoms with van der Waals surface area (Å²) in [4.78, 5) is 57.9. The van der Waals surface area contributed by atoms with Gasteiger partial charge in [0.15, 0.2) is 0 Å². The number of carbonyl (C=O) groups is 5. The Morgan fingerprint density at radius 2 is 0.931 bits per heavy atom. The molecule has 6 N–H and O–H groups in total. The van der Waals surface area contributed by atoms with E-state index in [1.165, 1.54) is 4.90 Å². The van der Waals surface area contributed by atoms with Crippen LogP contribution >= 0.6 is 0 Å². The normalized spacial score (nSPS) is 12.3. The van der Waals surface area contributed by atoms with Crippen LogP contribution in [0.3, 0.4) is 0 Å². The number of nitrogens with zero attached hydrogens (tertiary/aromatic N) is 3. The Hall–Kier alpha value is -2.81. The van der Waals surface area contributed by atoms with E-state index in [2.05, 4.69) is 0 Å². The molecule has 29 heavy (non-hydrogen) atoms. The third-order valence-electron chi connectivity index (χ3n) is 3.68. The summed E-state index contributed by atoms with van der Waals surface area (Å²) >= 11 is 0. The topological polar surface area (TPSA) is 216 Å². The molecule has 0 heterocycles. The standard InChI is InChI=1S/C15H25N3O11/c19-9-10(18(7-14(26)27)8-15(28)29)3-16(4-11(20)21)1-2-17(5-12(22)23)6-13(24)25/h10,19H,1-9H2,(H,20,21)(H,22,23)(H,24,25)(H,26,27)(H,28,29)/t10-/m1/s1. The first-order chi connectivity index (χ1) is 13.4. The van der Waals surface area contributed by atoms with Gasteiger partial charge in [0.2, 0.25) is 0 Å². The summed E-state index contributed by atoms with van der Waals surface area (Å²) in [5, 5.41) is 54.1. The number of hydrogen-bond acceptors (Lipinski definition) is 9.